The van der Waals surface area contributed by atoms with Crippen LogP contribution in [0.1, 0.15) is 38.7 Å². The predicted molar refractivity (Wildman–Crippen MR) is 89.7 cm³/mol. The first kappa shape index (κ1) is 17.7. The van der Waals surface area contributed by atoms with Gasteiger partial charge in [0.15, 0.2) is 0 Å². The maximum atomic E-state index is 10.0. The second-order valence-corrected chi connectivity index (χ2v) is 5.68. The maximum absolute atomic E-state index is 10.0. The lowest BCUT2D eigenvalue weighted by atomic mass is 10.1. The minimum Gasteiger partial charge on any atom is -0.494 e. The molecule has 21 heavy (non-hydrogen) atoms. The van der Waals surface area contributed by atoms with Gasteiger partial charge in [-0.25, -0.2) is 0 Å². The van der Waals surface area contributed by atoms with Crippen molar-refractivity contribution in [2.75, 3.05) is 20.7 Å². The Hall–Kier alpha value is -1.32. The third-order valence-electron chi connectivity index (χ3n) is 3.69. The molecule has 3 heteroatoms. The number of likely N-dealkylation sites (N-methyl/N-ethyl adjacent to an activating group) is 1. The molecule has 0 aromatic heterocycles. The van der Waals surface area contributed by atoms with Gasteiger partial charge in [0.1, 0.15) is 5.75 Å². The summed E-state index contributed by atoms with van der Waals surface area (Å²) in [7, 11) is 3.93. The highest BCUT2D eigenvalue weighted by molar-refractivity contribution is 5.51. The van der Waals surface area contributed by atoms with Crippen molar-refractivity contribution < 1.29 is 9.84 Å². The Balaban J connectivity index is 2.46. The van der Waals surface area contributed by atoms with Crippen LogP contribution in [0.25, 0.3) is 6.08 Å². The molecule has 1 rings (SSSR count). The topological polar surface area (TPSA) is 32.7 Å². The van der Waals surface area contributed by atoms with Crippen LogP contribution in [0.15, 0.2) is 30.3 Å². The molecular weight excluding hydrogens is 262 g/mol. The van der Waals surface area contributed by atoms with Crippen molar-refractivity contribution in [2.24, 2.45) is 0 Å². The molecule has 0 bridgehead atoms. The fraction of sp³-hybridized carbons (Fsp3) is 0.556. The molecule has 0 aliphatic carbocycles. The minimum absolute atomic E-state index is 0.0995. The Morgan fingerprint density at radius 1 is 1.19 bits per heavy atom. The van der Waals surface area contributed by atoms with Crippen LogP contribution in [0.5, 0.6) is 5.75 Å². The molecule has 0 aliphatic heterocycles. The van der Waals surface area contributed by atoms with Crippen molar-refractivity contribution in [1.29, 1.82) is 0 Å². The minimum atomic E-state index is -0.468. The van der Waals surface area contributed by atoms with E-state index in [1.165, 1.54) is 12.8 Å². The molecule has 0 amide bonds. The molecular formula is C18H29NO2. The SMILES string of the molecule is CCCCCOc1ccc(/C=C/[C@H](O)C(C)N(C)C)cc1. The van der Waals surface area contributed by atoms with E-state index in [-0.39, 0.29) is 6.04 Å². The molecule has 2 atom stereocenters. The van der Waals surface area contributed by atoms with Crippen molar-refractivity contribution >= 4 is 6.08 Å². The van der Waals surface area contributed by atoms with E-state index in [9.17, 15) is 5.11 Å². The van der Waals surface area contributed by atoms with Gasteiger partial charge in [-0.05, 0) is 45.1 Å². The van der Waals surface area contributed by atoms with E-state index in [4.69, 9.17) is 4.74 Å². The second-order valence-electron chi connectivity index (χ2n) is 5.68. The van der Waals surface area contributed by atoms with E-state index in [0.717, 1.165) is 24.3 Å². The largest absolute Gasteiger partial charge is 0.494 e. The van der Waals surface area contributed by atoms with Crippen LogP contribution in [-0.4, -0.2) is 42.9 Å². The lowest BCUT2D eigenvalue weighted by Crippen LogP contribution is -2.34. The Labute approximate surface area is 129 Å². The van der Waals surface area contributed by atoms with Crippen LogP contribution in [-0.2, 0) is 0 Å². The number of aliphatic hydroxyl groups excluding tert-OH is 1. The summed E-state index contributed by atoms with van der Waals surface area (Å²) in [5.74, 6) is 0.908. The van der Waals surface area contributed by atoms with Gasteiger partial charge in [0.25, 0.3) is 0 Å². The van der Waals surface area contributed by atoms with Gasteiger partial charge < -0.3 is 14.7 Å². The van der Waals surface area contributed by atoms with Crippen molar-refractivity contribution in [3.63, 3.8) is 0 Å². The first-order chi connectivity index (χ1) is 10.0. The summed E-state index contributed by atoms with van der Waals surface area (Å²) in [5, 5.41) is 10.0. The predicted octanol–water partition coefficient (Wildman–Crippen LogP) is 3.58. The summed E-state index contributed by atoms with van der Waals surface area (Å²) in [6.07, 6.45) is 6.84. The van der Waals surface area contributed by atoms with E-state index < -0.39 is 6.10 Å². The Morgan fingerprint density at radius 3 is 2.43 bits per heavy atom. The van der Waals surface area contributed by atoms with Gasteiger partial charge in [-0.15, -0.1) is 0 Å². The van der Waals surface area contributed by atoms with Gasteiger partial charge in [0, 0.05) is 6.04 Å². The van der Waals surface area contributed by atoms with Crippen molar-refractivity contribution in [2.45, 2.75) is 45.3 Å². The fourth-order valence-corrected chi connectivity index (χ4v) is 1.89. The maximum Gasteiger partial charge on any atom is 0.119 e. The van der Waals surface area contributed by atoms with Crippen LogP contribution >= 0.6 is 0 Å². The van der Waals surface area contributed by atoms with Crippen LogP contribution in [0.4, 0.5) is 0 Å². The number of hydrogen-bond acceptors (Lipinski definition) is 3. The van der Waals surface area contributed by atoms with Crippen molar-refractivity contribution in [1.82, 2.24) is 4.90 Å². The standard InChI is InChI=1S/C18H29NO2/c1-5-6-7-14-21-17-11-8-16(9-12-17)10-13-18(20)15(2)19(3)4/h8-13,15,18,20H,5-7,14H2,1-4H3/b13-10+/t15?,18-/m0/s1. The molecule has 0 heterocycles. The Bertz CT molecular complexity index is 412. The molecule has 0 spiro atoms. The number of hydrogen-bond donors (Lipinski definition) is 1. The fourth-order valence-electron chi connectivity index (χ4n) is 1.89. The van der Waals surface area contributed by atoms with Gasteiger partial charge >= 0.3 is 0 Å². The van der Waals surface area contributed by atoms with Crippen LogP contribution in [0.2, 0.25) is 0 Å². The normalized spacial score (nSPS) is 14.6. The highest BCUT2D eigenvalue weighted by Gasteiger charge is 2.12. The molecule has 118 valence electrons. The molecule has 1 aromatic carbocycles. The van der Waals surface area contributed by atoms with Gasteiger partial charge in [0.05, 0.1) is 12.7 Å². The number of aliphatic hydroxyl groups is 1. The van der Waals surface area contributed by atoms with Gasteiger partial charge in [0.2, 0.25) is 0 Å². The lowest BCUT2D eigenvalue weighted by molar-refractivity contribution is 0.124. The molecule has 3 nitrogen and oxygen atoms in total. The summed E-state index contributed by atoms with van der Waals surface area (Å²) < 4.78 is 5.68. The van der Waals surface area contributed by atoms with E-state index in [1.54, 1.807) is 0 Å². The number of nitrogens with zero attached hydrogens (tertiary/aromatic N) is 1. The van der Waals surface area contributed by atoms with E-state index in [2.05, 4.69) is 6.92 Å². The monoisotopic (exact) mass is 291 g/mol. The van der Waals surface area contributed by atoms with E-state index >= 15 is 0 Å². The Kier molecular flexibility index (Phi) is 8.09. The van der Waals surface area contributed by atoms with E-state index in [0.29, 0.717) is 0 Å². The highest BCUT2D eigenvalue weighted by Crippen LogP contribution is 2.14. The summed E-state index contributed by atoms with van der Waals surface area (Å²) in [5.41, 5.74) is 1.07. The first-order valence-corrected chi connectivity index (χ1v) is 7.80. The molecule has 0 saturated carbocycles. The Morgan fingerprint density at radius 2 is 1.86 bits per heavy atom. The van der Waals surface area contributed by atoms with Crippen molar-refractivity contribution in [3.05, 3.63) is 35.9 Å². The smallest absolute Gasteiger partial charge is 0.119 e. The zero-order valence-electron chi connectivity index (χ0n) is 13.7. The number of benzene rings is 1. The molecule has 1 aromatic rings. The van der Waals surface area contributed by atoms with Crippen LogP contribution < -0.4 is 4.74 Å². The van der Waals surface area contributed by atoms with Crippen LogP contribution in [0.3, 0.4) is 0 Å². The van der Waals surface area contributed by atoms with Crippen molar-refractivity contribution in [3.8, 4) is 5.75 Å². The molecule has 0 fully saturated rings. The summed E-state index contributed by atoms with van der Waals surface area (Å²) >= 11 is 0. The quantitative estimate of drug-likeness (QED) is 0.706. The molecule has 0 radical (unpaired) electrons. The number of rotatable bonds is 9. The van der Waals surface area contributed by atoms with Gasteiger partial charge in [-0.3, -0.25) is 0 Å². The van der Waals surface area contributed by atoms with E-state index in [1.807, 2.05) is 62.3 Å². The zero-order valence-corrected chi connectivity index (χ0v) is 13.7. The molecule has 1 unspecified atom stereocenters. The molecule has 1 N–H and O–H groups in total. The summed E-state index contributed by atoms with van der Waals surface area (Å²) in [4.78, 5) is 2.00. The van der Waals surface area contributed by atoms with Gasteiger partial charge in [-0.1, -0.05) is 44.1 Å². The average molecular weight is 291 g/mol. The zero-order chi connectivity index (χ0) is 15.7. The second kappa shape index (κ2) is 9.59. The summed E-state index contributed by atoms with van der Waals surface area (Å²) in [6.45, 7) is 4.97. The first-order valence-electron chi connectivity index (χ1n) is 7.80. The molecule has 0 aliphatic rings. The lowest BCUT2D eigenvalue weighted by Gasteiger charge is -2.22. The third kappa shape index (κ3) is 6.78. The highest BCUT2D eigenvalue weighted by atomic mass is 16.5. The van der Waals surface area contributed by atoms with Gasteiger partial charge in [-0.2, -0.15) is 0 Å². The average Bonchev–Trinajstić information content (AvgIpc) is 2.49. The third-order valence-corrected chi connectivity index (χ3v) is 3.69. The number of ether oxygens (including phenoxy) is 1. The number of unbranched alkanes of at least 4 members (excludes halogenated alkanes) is 2. The van der Waals surface area contributed by atoms with Crippen LogP contribution in [0, 0.1) is 0 Å². The molecule has 0 saturated heterocycles. The summed E-state index contributed by atoms with van der Waals surface area (Å²) in [6, 6.07) is 8.08.